The molecule has 1 heterocycles. The van der Waals surface area contributed by atoms with Crippen LogP contribution in [0.15, 0.2) is 18.3 Å². The molecular formula is C14H22ClNO. The maximum atomic E-state index is 5.69. The van der Waals surface area contributed by atoms with Gasteiger partial charge in [0.25, 0.3) is 0 Å². The van der Waals surface area contributed by atoms with Crippen LogP contribution >= 0.6 is 11.6 Å². The molecule has 0 aliphatic heterocycles. The number of hydrogen-bond acceptors (Lipinski definition) is 2. The molecule has 0 fully saturated rings. The number of nitrogens with zero attached hydrogens (tertiary/aromatic N) is 1. The monoisotopic (exact) mass is 255 g/mol. The van der Waals surface area contributed by atoms with Gasteiger partial charge in [-0.3, -0.25) is 0 Å². The average Bonchev–Trinajstić information content (AvgIpc) is 2.35. The van der Waals surface area contributed by atoms with Crippen LogP contribution in [-0.2, 0) is 0 Å². The Morgan fingerprint density at radius 3 is 2.41 bits per heavy atom. The van der Waals surface area contributed by atoms with Gasteiger partial charge in [-0.1, -0.05) is 57.0 Å². The lowest BCUT2D eigenvalue weighted by Crippen LogP contribution is -1.97. The number of aromatic nitrogens is 1. The van der Waals surface area contributed by atoms with Gasteiger partial charge < -0.3 is 4.74 Å². The van der Waals surface area contributed by atoms with Crippen LogP contribution in [0.25, 0.3) is 0 Å². The zero-order chi connectivity index (χ0) is 12.3. The van der Waals surface area contributed by atoms with E-state index < -0.39 is 0 Å². The predicted molar refractivity (Wildman–Crippen MR) is 72.7 cm³/mol. The molecule has 0 N–H and O–H groups in total. The van der Waals surface area contributed by atoms with Gasteiger partial charge in [-0.25, -0.2) is 4.98 Å². The van der Waals surface area contributed by atoms with Crippen molar-refractivity contribution in [1.29, 1.82) is 0 Å². The fourth-order valence-electron chi connectivity index (χ4n) is 1.70. The molecule has 1 aromatic heterocycles. The van der Waals surface area contributed by atoms with Crippen LogP contribution in [0.4, 0.5) is 0 Å². The van der Waals surface area contributed by atoms with Crippen LogP contribution in [-0.4, -0.2) is 11.6 Å². The number of hydrogen-bond donors (Lipinski definition) is 0. The van der Waals surface area contributed by atoms with E-state index in [0.717, 1.165) is 18.8 Å². The second kappa shape index (κ2) is 9.29. The van der Waals surface area contributed by atoms with E-state index in [4.69, 9.17) is 16.3 Å². The van der Waals surface area contributed by atoms with E-state index in [2.05, 4.69) is 11.9 Å². The molecule has 0 radical (unpaired) electrons. The Morgan fingerprint density at radius 1 is 1.06 bits per heavy atom. The summed E-state index contributed by atoms with van der Waals surface area (Å²) in [4.78, 5) is 3.97. The topological polar surface area (TPSA) is 22.1 Å². The van der Waals surface area contributed by atoms with Gasteiger partial charge in [-0.05, 0) is 18.6 Å². The Hall–Kier alpha value is -0.760. The average molecular weight is 256 g/mol. The smallest absolute Gasteiger partial charge is 0.137 e. The first-order valence-corrected chi connectivity index (χ1v) is 6.95. The second-order valence-electron chi connectivity index (χ2n) is 4.29. The number of halogens is 1. The van der Waals surface area contributed by atoms with E-state index in [1.165, 1.54) is 38.5 Å². The summed E-state index contributed by atoms with van der Waals surface area (Å²) >= 11 is 5.69. The molecule has 0 bridgehead atoms. The van der Waals surface area contributed by atoms with Crippen LogP contribution in [0.2, 0.25) is 5.15 Å². The van der Waals surface area contributed by atoms with Crippen molar-refractivity contribution in [1.82, 2.24) is 4.98 Å². The fraction of sp³-hybridized carbons (Fsp3) is 0.643. The van der Waals surface area contributed by atoms with Crippen LogP contribution in [0.5, 0.6) is 5.75 Å². The van der Waals surface area contributed by atoms with E-state index in [1.807, 2.05) is 6.07 Å². The molecule has 0 aromatic carbocycles. The van der Waals surface area contributed by atoms with Gasteiger partial charge in [0, 0.05) is 0 Å². The number of rotatable bonds is 9. The Labute approximate surface area is 109 Å². The van der Waals surface area contributed by atoms with E-state index in [1.54, 1.807) is 12.3 Å². The van der Waals surface area contributed by atoms with Crippen LogP contribution in [0, 0.1) is 0 Å². The van der Waals surface area contributed by atoms with Gasteiger partial charge in [0.15, 0.2) is 0 Å². The SMILES string of the molecule is CCCCCCCCCOc1ccc(Cl)nc1. The Bertz CT molecular complexity index is 287. The first-order valence-electron chi connectivity index (χ1n) is 6.57. The summed E-state index contributed by atoms with van der Waals surface area (Å²) < 4.78 is 5.57. The molecule has 0 saturated carbocycles. The summed E-state index contributed by atoms with van der Waals surface area (Å²) in [6.07, 6.45) is 10.8. The zero-order valence-corrected chi connectivity index (χ0v) is 11.4. The number of unbranched alkanes of at least 4 members (excludes halogenated alkanes) is 6. The zero-order valence-electron chi connectivity index (χ0n) is 10.6. The second-order valence-corrected chi connectivity index (χ2v) is 4.67. The van der Waals surface area contributed by atoms with Gasteiger partial charge in [-0.15, -0.1) is 0 Å². The minimum Gasteiger partial charge on any atom is -0.492 e. The van der Waals surface area contributed by atoms with E-state index >= 15 is 0 Å². The fourth-order valence-corrected chi connectivity index (χ4v) is 1.81. The van der Waals surface area contributed by atoms with Crippen molar-refractivity contribution < 1.29 is 4.74 Å². The third kappa shape index (κ3) is 7.22. The van der Waals surface area contributed by atoms with Crippen molar-refractivity contribution in [2.45, 2.75) is 51.9 Å². The lowest BCUT2D eigenvalue weighted by atomic mass is 10.1. The van der Waals surface area contributed by atoms with Crippen molar-refractivity contribution >= 4 is 11.6 Å². The normalized spacial score (nSPS) is 10.5. The molecule has 0 spiro atoms. The molecule has 2 nitrogen and oxygen atoms in total. The highest BCUT2D eigenvalue weighted by Gasteiger charge is 1.95. The molecule has 1 rings (SSSR count). The largest absolute Gasteiger partial charge is 0.492 e. The maximum Gasteiger partial charge on any atom is 0.137 e. The summed E-state index contributed by atoms with van der Waals surface area (Å²) in [6, 6.07) is 3.61. The lowest BCUT2D eigenvalue weighted by Gasteiger charge is -2.05. The van der Waals surface area contributed by atoms with Gasteiger partial charge >= 0.3 is 0 Å². The summed E-state index contributed by atoms with van der Waals surface area (Å²) in [7, 11) is 0. The quantitative estimate of drug-likeness (QED) is 0.464. The Balaban J connectivity index is 1.95. The molecule has 0 amide bonds. The predicted octanol–water partition coefficient (Wildman–Crippen LogP) is 4.86. The van der Waals surface area contributed by atoms with Gasteiger partial charge in [0.2, 0.25) is 0 Å². The number of ether oxygens (including phenoxy) is 1. The van der Waals surface area contributed by atoms with Gasteiger partial charge in [0.1, 0.15) is 10.9 Å². The Kier molecular flexibility index (Phi) is 7.81. The van der Waals surface area contributed by atoms with Gasteiger partial charge in [0.05, 0.1) is 12.8 Å². The molecule has 0 saturated heterocycles. The van der Waals surface area contributed by atoms with Crippen molar-refractivity contribution in [2.24, 2.45) is 0 Å². The minimum atomic E-state index is 0.508. The molecular weight excluding hydrogens is 234 g/mol. The molecule has 0 aliphatic carbocycles. The van der Waals surface area contributed by atoms with Crippen LogP contribution in [0.1, 0.15) is 51.9 Å². The third-order valence-electron chi connectivity index (χ3n) is 2.72. The minimum absolute atomic E-state index is 0.508. The standard InChI is InChI=1S/C14H22ClNO/c1-2-3-4-5-6-7-8-11-17-13-9-10-14(15)16-12-13/h9-10,12H,2-8,11H2,1H3. The van der Waals surface area contributed by atoms with E-state index in [0.29, 0.717) is 5.15 Å². The van der Waals surface area contributed by atoms with Crippen molar-refractivity contribution in [3.8, 4) is 5.75 Å². The van der Waals surface area contributed by atoms with Crippen molar-refractivity contribution in [2.75, 3.05) is 6.61 Å². The molecule has 1 aromatic rings. The van der Waals surface area contributed by atoms with Gasteiger partial charge in [-0.2, -0.15) is 0 Å². The maximum absolute atomic E-state index is 5.69. The molecule has 17 heavy (non-hydrogen) atoms. The molecule has 0 unspecified atom stereocenters. The first kappa shape index (κ1) is 14.3. The summed E-state index contributed by atoms with van der Waals surface area (Å²) in [5.74, 6) is 0.806. The highest BCUT2D eigenvalue weighted by molar-refractivity contribution is 6.29. The summed E-state index contributed by atoms with van der Waals surface area (Å²) in [6.45, 7) is 3.02. The number of pyridine rings is 1. The van der Waals surface area contributed by atoms with E-state index in [9.17, 15) is 0 Å². The molecule has 96 valence electrons. The van der Waals surface area contributed by atoms with Crippen molar-refractivity contribution in [3.05, 3.63) is 23.5 Å². The molecule has 3 heteroatoms. The first-order chi connectivity index (χ1) is 8.33. The summed E-state index contributed by atoms with van der Waals surface area (Å²) in [5, 5.41) is 0.508. The summed E-state index contributed by atoms with van der Waals surface area (Å²) in [5.41, 5.74) is 0. The highest BCUT2D eigenvalue weighted by atomic mass is 35.5. The lowest BCUT2D eigenvalue weighted by molar-refractivity contribution is 0.303. The Morgan fingerprint density at radius 2 is 1.76 bits per heavy atom. The van der Waals surface area contributed by atoms with Crippen molar-refractivity contribution in [3.63, 3.8) is 0 Å². The molecule has 0 atom stereocenters. The third-order valence-corrected chi connectivity index (χ3v) is 2.94. The van der Waals surface area contributed by atoms with Crippen LogP contribution in [0.3, 0.4) is 0 Å². The van der Waals surface area contributed by atoms with Crippen LogP contribution < -0.4 is 4.74 Å². The molecule has 0 aliphatic rings. The van der Waals surface area contributed by atoms with E-state index in [-0.39, 0.29) is 0 Å². The highest BCUT2D eigenvalue weighted by Crippen LogP contribution is 2.13.